The fraction of sp³-hybridized carbons (Fsp3) is 0.391. The zero-order chi connectivity index (χ0) is 24.6. The maximum atomic E-state index is 14.6. The van der Waals surface area contributed by atoms with Crippen LogP contribution in [0.5, 0.6) is 0 Å². The van der Waals surface area contributed by atoms with Crippen LogP contribution in [0.3, 0.4) is 0 Å². The molecule has 10 heteroatoms. The molecule has 1 aromatic carbocycles. The van der Waals surface area contributed by atoms with Crippen molar-refractivity contribution in [1.29, 1.82) is 0 Å². The summed E-state index contributed by atoms with van der Waals surface area (Å²) >= 11 is 0. The number of aromatic nitrogens is 2. The average Bonchev–Trinajstić information content (AvgIpc) is 2.82. The van der Waals surface area contributed by atoms with Gasteiger partial charge in [-0.1, -0.05) is 11.8 Å². The zero-order valence-electron chi connectivity index (χ0n) is 19.2. The minimum absolute atomic E-state index is 0.0412. The number of benzene rings is 1. The lowest BCUT2D eigenvalue weighted by Gasteiger charge is -2.22. The van der Waals surface area contributed by atoms with E-state index in [-0.39, 0.29) is 22.8 Å². The number of amides is 1. The second-order valence-corrected chi connectivity index (χ2v) is 7.20. The monoisotopic (exact) mass is 458 g/mol. The number of hydrogen-bond donors (Lipinski definition) is 2. The number of carbonyl (C=O) groups excluding carboxylic acids is 2. The van der Waals surface area contributed by atoms with E-state index in [1.165, 1.54) is 50.4 Å². The van der Waals surface area contributed by atoms with Crippen molar-refractivity contribution < 1.29 is 28.6 Å². The molecule has 2 aromatic rings. The van der Waals surface area contributed by atoms with E-state index < -0.39 is 23.3 Å². The first-order valence-electron chi connectivity index (χ1n) is 10.1. The van der Waals surface area contributed by atoms with Crippen LogP contribution < -0.4 is 5.32 Å². The van der Waals surface area contributed by atoms with Crippen LogP contribution in [0, 0.1) is 17.7 Å². The summed E-state index contributed by atoms with van der Waals surface area (Å²) in [6.45, 7) is 4.23. The number of likely N-dealkylation sites (N-methyl/N-ethyl adjacent to an activating group) is 1. The molecule has 1 heterocycles. The molecular weight excluding hydrogens is 431 g/mol. The highest BCUT2D eigenvalue weighted by Gasteiger charge is 2.30. The lowest BCUT2D eigenvalue weighted by Crippen LogP contribution is -2.44. The fourth-order valence-electron chi connectivity index (χ4n) is 2.72. The number of methoxy groups -OCH3 is 2. The lowest BCUT2D eigenvalue weighted by molar-refractivity contribution is -0.142. The number of halogens is 1. The SMILES string of the molecule is CCN(C)C(=O)[C@](C)(O)C#Cc1ccc(F)c(-c2cnc(NCCOC)c(C(=O)OC)n2)c1. The van der Waals surface area contributed by atoms with Crippen LogP contribution in [-0.2, 0) is 14.3 Å². The van der Waals surface area contributed by atoms with Crippen LogP contribution in [0.1, 0.15) is 29.9 Å². The number of esters is 1. The summed E-state index contributed by atoms with van der Waals surface area (Å²) in [5.74, 6) is 3.49. The Kier molecular flexibility index (Phi) is 8.85. The first-order chi connectivity index (χ1) is 15.6. The van der Waals surface area contributed by atoms with E-state index in [4.69, 9.17) is 9.47 Å². The Hall–Kier alpha value is -3.55. The van der Waals surface area contributed by atoms with Gasteiger partial charge >= 0.3 is 5.97 Å². The second-order valence-electron chi connectivity index (χ2n) is 7.20. The lowest BCUT2D eigenvalue weighted by atomic mass is 10.0. The summed E-state index contributed by atoms with van der Waals surface area (Å²) < 4.78 is 24.3. The Balaban J connectivity index is 2.44. The summed E-state index contributed by atoms with van der Waals surface area (Å²) in [5, 5.41) is 13.3. The van der Waals surface area contributed by atoms with Crippen LogP contribution in [0.4, 0.5) is 10.2 Å². The molecule has 176 valence electrons. The van der Waals surface area contributed by atoms with E-state index in [0.29, 0.717) is 25.3 Å². The molecule has 0 unspecified atom stereocenters. The van der Waals surface area contributed by atoms with Gasteiger partial charge in [0.15, 0.2) is 11.5 Å². The van der Waals surface area contributed by atoms with E-state index in [2.05, 4.69) is 27.1 Å². The molecule has 0 saturated heterocycles. The first-order valence-corrected chi connectivity index (χ1v) is 10.1. The average molecular weight is 458 g/mol. The van der Waals surface area contributed by atoms with Crippen LogP contribution in [0.25, 0.3) is 11.3 Å². The number of nitrogens with one attached hydrogen (secondary N) is 1. The van der Waals surface area contributed by atoms with Gasteiger partial charge in [-0.25, -0.2) is 19.2 Å². The van der Waals surface area contributed by atoms with E-state index in [1.54, 1.807) is 14.0 Å². The summed E-state index contributed by atoms with van der Waals surface area (Å²) in [5.41, 5.74) is -1.56. The van der Waals surface area contributed by atoms with Crippen molar-refractivity contribution in [3.05, 3.63) is 41.5 Å². The molecule has 0 spiro atoms. The van der Waals surface area contributed by atoms with Gasteiger partial charge < -0.3 is 24.8 Å². The maximum Gasteiger partial charge on any atom is 0.360 e. The zero-order valence-corrected chi connectivity index (χ0v) is 19.2. The molecule has 0 bridgehead atoms. The molecule has 2 rings (SSSR count). The Labute approximate surface area is 191 Å². The van der Waals surface area contributed by atoms with Crippen molar-refractivity contribution in [3.63, 3.8) is 0 Å². The summed E-state index contributed by atoms with van der Waals surface area (Å²) in [4.78, 5) is 34.2. The maximum absolute atomic E-state index is 14.6. The van der Waals surface area contributed by atoms with Crippen molar-refractivity contribution in [1.82, 2.24) is 14.9 Å². The third kappa shape index (κ3) is 6.47. The van der Waals surface area contributed by atoms with Crippen molar-refractivity contribution in [3.8, 4) is 23.1 Å². The number of carbonyl (C=O) groups is 2. The first kappa shape index (κ1) is 25.7. The fourth-order valence-corrected chi connectivity index (χ4v) is 2.72. The summed E-state index contributed by atoms with van der Waals surface area (Å²) in [6, 6.07) is 3.99. The molecule has 1 atom stereocenters. The Morgan fingerprint density at radius 3 is 2.70 bits per heavy atom. The van der Waals surface area contributed by atoms with E-state index in [1.807, 2.05) is 0 Å². The molecule has 0 fully saturated rings. The minimum atomic E-state index is -1.91. The van der Waals surface area contributed by atoms with Gasteiger partial charge in [-0.2, -0.15) is 0 Å². The molecule has 1 aromatic heterocycles. The van der Waals surface area contributed by atoms with Gasteiger partial charge in [0.1, 0.15) is 5.82 Å². The summed E-state index contributed by atoms with van der Waals surface area (Å²) in [7, 11) is 4.29. The van der Waals surface area contributed by atoms with Gasteiger partial charge in [-0.3, -0.25) is 4.79 Å². The molecule has 0 aliphatic rings. The molecule has 0 aliphatic carbocycles. The highest BCUT2D eigenvalue weighted by atomic mass is 19.1. The van der Waals surface area contributed by atoms with Crippen LogP contribution in [0.15, 0.2) is 24.4 Å². The van der Waals surface area contributed by atoms with E-state index >= 15 is 0 Å². The molecular formula is C23H27FN4O5. The molecule has 0 saturated carbocycles. The van der Waals surface area contributed by atoms with Gasteiger partial charge in [-0.05, 0) is 32.0 Å². The van der Waals surface area contributed by atoms with Gasteiger partial charge in [0, 0.05) is 38.4 Å². The van der Waals surface area contributed by atoms with Crippen LogP contribution >= 0.6 is 0 Å². The second kappa shape index (κ2) is 11.4. The van der Waals surface area contributed by atoms with Gasteiger partial charge in [0.05, 0.1) is 25.6 Å². The molecule has 9 nitrogen and oxygen atoms in total. The van der Waals surface area contributed by atoms with Crippen molar-refractivity contribution in [2.24, 2.45) is 0 Å². The van der Waals surface area contributed by atoms with Crippen molar-refractivity contribution >= 4 is 17.7 Å². The molecule has 0 aliphatic heterocycles. The molecule has 2 N–H and O–H groups in total. The largest absolute Gasteiger partial charge is 0.464 e. The molecule has 0 radical (unpaired) electrons. The molecule has 1 amide bonds. The minimum Gasteiger partial charge on any atom is -0.464 e. The predicted molar refractivity (Wildman–Crippen MR) is 120 cm³/mol. The Bertz CT molecular complexity index is 1080. The smallest absolute Gasteiger partial charge is 0.360 e. The quantitative estimate of drug-likeness (QED) is 0.349. The molecule has 33 heavy (non-hydrogen) atoms. The van der Waals surface area contributed by atoms with E-state index in [9.17, 15) is 19.1 Å². The van der Waals surface area contributed by atoms with Gasteiger partial charge in [0.25, 0.3) is 5.91 Å². The number of anilines is 1. The number of aliphatic hydroxyl groups is 1. The third-order valence-corrected chi connectivity index (χ3v) is 4.68. The third-order valence-electron chi connectivity index (χ3n) is 4.68. The number of hydrogen-bond acceptors (Lipinski definition) is 8. The van der Waals surface area contributed by atoms with Gasteiger partial charge in [0.2, 0.25) is 5.60 Å². The predicted octanol–water partition coefficient (Wildman–Crippen LogP) is 1.71. The topological polar surface area (TPSA) is 114 Å². The Morgan fingerprint density at radius 1 is 1.33 bits per heavy atom. The van der Waals surface area contributed by atoms with Crippen molar-refractivity contribution in [2.75, 3.05) is 46.3 Å². The van der Waals surface area contributed by atoms with Crippen molar-refractivity contribution in [2.45, 2.75) is 19.4 Å². The standard InChI is InChI=1S/C23H27FN4O5/c1-6-28(3)22(30)23(2,31)10-9-15-7-8-17(24)16(13-15)18-14-26-20(25-11-12-32-4)19(27-18)21(29)33-5/h7-8,13-14,31H,6,11-12H2,1-5H3,(H,25,26)/t23-/m1/s1. The van der Waals surface area contributed by atoms with Gasteiger partial charge in [-0.15, -0.1) is 0 Å². The number of ether oxygens (including phenoxy) is 2. The van der Waals surface area contributed by atoms with E-state index in [0.717, 1.165) is 0 Å². The Morgan fingerprint density at radius 2 is 2.06 bits per heavy atom. The highest BCUT2D eigenvalue weighted by molar-refractivity contribution is 5.93. The van der Waals surface area contributed by atoms with Crippen LogP contribution in [-0.4, -0.2) is 78.4 Å². The number of rotatable bonds is 8. The van der Waals surface area contributed by atoms with Crippen LogP contribution in [0.2, 0.25) is 0 Å². The number of nitrogens with zero attached hydrogens (tertiary/aromatic N) is 3. The highest BCUT2D eigenvalue weighted by Crippen LogP contribution is 2.24. The normalized spacial score (nSPS) is 12.2. The summed E-state index contributed by atoms with van der Waals surface area (Å²) in [6.07, 6.45) is 1.31.